The number of urea groups is 1. The van der Waals surface area contributed by atoms with Crippen LogP contribution in [0.2, 0.25) is 0 Å². The van der Waals surface area contributed by atoms with Crippen LogP contribution in [0.25, 0.3) is 5.78 Å². The molecule has 3 rings (SSSR count). The van der Waals surface area contributed by atoms with Crippen LogP contribution in [0.5, 0.6) is 0 Å². The number of primary amides is 1. The molecule has 0 saturated carbocycles. The van der Waals surface area contributed by atoms with Crippen LogP contribution in [0, 0.1) is 6.92 Å². The summed E-state index contributed by atoms with van der Waals surface area (Å²) in [6.07, 6.45) is 1.60. The number of nitrogens with two attached hydrogens (primary N) is 1. The lowest BCUT2D eigenvalue weighted by molar-refractivity contribution is 0.101. The van der Waals surface area contributed by atoms with Crippen molar-refractivity contribution in [1.29, 1.82) is 0 Å². The maximum atomic E-state index is 12.2. The van der Waals surface area contributed by atoms with Gasteiger partial charge in [0.25, 0.3) is 11.7 Å². The monoisotopic (exact) mass is 311 g/mol. The van der Waals surface area contributed by atoms with Gasteiger partial charge in [-0.3, -0.25) is 4.79 Å². The molecule has 0 unspecified atom stereocenters. The molecule has 23 heavy (non-hydrogen) atoms. The Morgan fingerprint density at radius 2 is 1.74 bits per heavy atom. The summed E-state index contributed by atoms with van der Waals surface area (Å²) in [6, 6.07) is 7.60. The highest BCUT2D eigenvalue weighted by molar-refractivity contribution is 6.02. The summed E-state index contributed by atoms with van der Waals surface area (Å²) in [5.74, 6) is -0.0761. The van der Waals surface area contributed by atoms with Crippen LogP contribution in [0.15, 0.2) is 36.5 Å². The molecule has 3 amide bonds. The average Bonchev–Trinajstić information content (AvgIpc) is 2.94. The quantitative estimate of drug-likeness (QED) is 0.669. The third kappa shape index (κ3) is 3.07. The van der Waals surface area contributed by atoms with Crippen molar-refractivity contribution in [1.82, 2.24) is 19.6 Å². The van der Waals surface area contributed by atoms with Crippen LogP contribution < -0.4 is 16.4 Å². The zero-order valence-corrected chi connectivity index (χ0v) is 12.1. The van der Waals surface area contributed by atoms with Crippen molar-refractivity contribution < 1.29 is 9.59 Å². The van der Waals surface area contributed by atoms with E-state index < -0.39 is 11.9 Å². The molecule has 2 heterocycles. The molecule has 9 nitrogen and oxygen atoms in total. The number of aromatic nitrogens is 4. The second-order valence-corrected chi connectivity index (χ2v) is 4.75. The van der Waals surface area contributed by atoms with E-state index in [1.807, 2.05) is 6.92 Å². The predicted molar refractivity (Wildman–Crippen MR) is 83.1 cm³/mol. The maximum absolute atomic E-state index is 12.2. The summed E-state index contributed by atoms with van der Waals surface area (Å²) in [4.78, 5) is 31.1. The molecule has 0 saturated heterocycles. The van der Waals surface area contributed by atoms with E-state index >= 15 is 0 Å². The molecule has 0 aliphatic heterocycles. The van der Waals surface area contributed by atoms with Crippen LogP contribution >= 0.6 is 0 Å². The first-order valence-electron chi connectivity index (χ1n) is 6.69. The third-order valence-electron chi connectivity index (χ3n) is 3.04. The van der Waals surface area contributed by atoms with Gasteiger partial charge in [0, 0.05) is 23.3 Å². The van der Waals surface area contributed by atoms with Crippen molar-refractivity contribution >= 4 is 29.1 Å². The number of rotatable bonds is 3. The van der Waals surface area contributed by atoms with Gasteiger partial charge in [-0.25, -0.2) is 14.3 Å². The van der Waals surface area contributed by atoms with Crippen LogP contribution in [-0.2, 0) is 0 Å². The highest BCUT2D eigenvalue weighted by Gasteiger charge is 2.14. The van der Waals surface area contributed by atoms with Gasteiger partial charge >= 0.3 is 6.03 Å². The normalized spacial score (nSPS) is 10.5. The number of hydrogen-bond acceptors (Lipinski definition) is 5. The number of carbonyl (C=O) groups is 2. The third-order valence-corrected chi connectivity index (χ3v) is 3.04. The van der Waals surface area contributed by atoms with Crippen molar-refractivity contribution in [2.24, 2.45) is 5.73 Å². The SMILES string of the molecule is Cc1ccnc2nc(C(=O)Nc3ccc(NC(N)=O)cc3)nn12. The van der Waals surface area contributed by atoms with E-state index in [0.717, 1.165) is 5.69 Å². The molecular weight excluding hydrogens is 298 g/mol. The highest BCUT2D eigenvalue weighted by Crippen LogP contribution is 2.14. The summed E-state index contributed by atoms with van der Waals surface area (Å²) in [7, 11) is 0. The number of anilines is 2. The molecule has 116 valence electrons. The topological polar surface area (TPSA) is 127 Å². The van der Waals surface area contributed by atoms with Crippen molar-refractivity contribution in [3.05, 3.63) is 48.0 Å². The molecule has 0 bridgehead atoms. The first kappa shape index (κ1) is 14.4. The van der Waals surface area contributed by atoms with E-state index in [1.54, 1.807) is 36.5 Å². The molecule has 0 aliphatic rings. The molecule has 0 spiro atoms. The number of nitrogens with one attached hydrogen (secondary N) is 2. The van der Waals surface area contributed by atoms with E-state index in [9.17, 15) is 9.59 Å². The first-order chi connectivity index (χ1) is 11.0. The molecule has 0 atom stereocenters. The number of fused-ring (bicyclic) bond motifs is 1. The number of benzene rings is 1. The molecule has 0 fully saturated rings. The molecule has 2 aromatic heterocycles. The second kappa shape index (κ2) is 5.72. The minimum Gasteiger partial charge on any atom is -0.351 e. The molecule has 3 aromatic rings. The van der Waals surface area contributed by atoms with Crippen LogP contribution in [0.1, 0.15) is 16.3 Å². The van der Waals surface area contributed by atoms with Crippen molar-refractivity contribution in [3.8, 4) is 0 Å². The standard InChI is InChI=1S/C14H13N7O2/c1-8-6-7-16-14-19-11(20-21(8)14)12(22)17-9-2-4-10(5-3-9)18-13(15)23/h2-7H,1H3,(H,17,22)(H3,15,18,23). The lowest BCUT2D eigenvalue weighted by Crippen LogP contribution is -2.19. The van der Waals surface area contributed by atoms with Crippen molar-refractivity contribution in [2.75, 3.05) is 10.6 Å². The zero-order chi connectivity index (χ0) is 16.4. The lowest BCUT2D eigenvalue weighted by Gasteiger charge is -2.05. The van der Waals surface area contributed by atoms with E-state index in [-0.39, 0.29) is 5.82 Å². The number of aryl methyl sites for hydroxylation is 1. The number of hydrogen-bond donors (Lipinski definition) is 3. The molecule has 4 N–H and O–H groups in total. The fourth-order valence-electron chi connectivity index (χ4n) is 1.97. The number of nitrogens with zero attached hydrogens (tertiary/aromatic N) is 4. The average molecular weight is 311 g/mol. The Labute approximate surface area is 130 Å². The smallest absolute Gasteiger partial charge is 0.316 e. The summed E-state index contributed by atoms with van der Waals surface area (Å²) in [5.41, 5.74) is 6.91. The van der Waals surface area contributed by atoms with Gasteiger partial charge in [0.15, 0.2) is 0 Å². The lowest BCUT2D eigenvalue weighted by atomic mass is 10.3. The van der Waals surface area contributed by atoms with Gasteiger partial charge in [-0.15, -0.1) is 5.10 Å². The van der Waals surface area contributed by atoms with E-state index in [4.69, 9.17) is 5.73 Å². The largest absolute Gasteiger partial charge is 0.351 e. The van der Waals surface area contributed by atoms with Gasteiger partial charge in [-0.2, -0.15) is 4.98 Å². The van der Waals surface area contributed by atoms with Gasteiger partial charge in [0.1, 0.15) is 0 Å². The van der Waals surface area contributed by atoms with Gasteiger partial charge in [-0.1, -0.05) is 0 Å². The van der Waals surface area contributed by atoms with E-state index in [2.05, 4.69) is 25.7 Å². The number of carbonyl (C=O) groups excluding carboxylic acids is 2. The van der Waals surface area contributed by atoms with Gasteiger partial charge < -0.3 is 16.4 Å². The Kier molecular flexibility index (Phi) is 3.59. The number of amides is 3. The molecule has 0 aliphatic carbocycles. The second-order valence-electron chi connectivity index (χ2n) is 4.75. The minimum atomic E-state index is -0.654. The summed E-state index contributed by atoms with van der Waals surface area (Å²) >= 11 is 0. The first-order valence-corrected chi connectivity index (χ1v) is 6.69. The van der Waals surface area contributed by atoms with Crippen LogP contribution in [0.4, 0.5) is 16.2 Å². The van der Waals surface area contributed by atoms with Gasteiger partial charge in [-0.05, 0) is 37.3 Å². The Balaban J connectivity index is 1.77. The highest BCUT2D eigenvalue weighted by atomic mass is 16.2. The maximum Gasteiger partial charge on any atom is 0.316 e. The Morgan fingerprint density at radius 3 is 2.35 bits per heavy atom. The molecular formula is C14H13N7O2. The van der Waals surface area contributed by atoms with E-state index in [1.165, 1.54) is 4.52 Å². The predicted octanol–water partition coefficient (Wildman–Crippen LogP) is 1.18. The Hall–Kier alpha value is -3.49. The van der Waals surface area contributed by atoms with Crippen LogP contribution in [-0.4, -0.2) is 31.5 Å². The van der Waals surface area contributed by atoms with Gasteiger partial charge in [0.2, 0.25) is 5.82 Å². The van der Waals surface area contributed by atoms with Crippen molar-refractivity contribution in [2.45, 2.75) is 6.92 Å². The van der Waals surface area contributed by atoms with Crippen LogP contribution in [0.3, 0.4) is 0 Å². The van der Waals surface area contributed by atoms with Crippen molar-refractivity contribution in [3.63, 3.8) is 0 Å². The summed E-state index contributed by atoms with van der Waals surface area (Å²) in [5, 5.41) is 9.22. The Morgan fingerprint density at radius 1 is 1.09 bits per heavy atom. The fraction of sp³-hybridized carbons (Fsp3) is 0.0714. The molecule has 9 heteroatoms. The van der Waals surface area contributed by atoms with E-state index in [0.29, 0.717) is 17.2 Å². The summed E-state index contributed by atoms with van der Waals surface area (Å²) < 4.78 is 1.49. The fourth-order valence-corrected chi connectivity index (χ4v) is 1.97. The summed E-state index contributed by atoms with van der Waals surface area (Å²) in [6.45, 7) is 1.84. The molecule has 0 radical (unpaired) electrons. The Bertz CT molecular complexity index is 886. The zero-order valence-electron chi connectivity index (χ0n) is 12.1. The molecule has 1 aromatic carbocycles. The van der Waals surface area contributed by atoms with Gasteiger partial charge in [0.05, 0.1) is 0 Å². The minimum absolute atomic E-state index is 0.0196.